The van der Waals surface area contributed by atoms with Gasteiger partial charge in [-0.3, -0.25) is 4.98 Å². The Hall–Kier alpha value is -5.81. The molecule has 0 N–H and O–H groups in total. The number of para-hydroxylation sites is 2. The minimum Gasteiger partial charge on any atom is -0.455 e. The Bertz CT molecular complexity index is 2420. The van der Waals surface area contributed by atoms with E-state index in [1.54, 1.807) is 0 Å². The average molecular weight is 539 g/mol. The lowest BCUT2D eigenvalue weighted by Crippen LogP contribution is -1.91. The minimum absolute atomic E-state index is 0.895. The number of benzene rings is 4. The second-order valence-corrected chi connectivity index (χ2v) is 10.5. The summed E-state index contributed by atoms with van der Waals surface area (Å²) in [6.45, 7) is 0. The Morgan fingerprint density at radius 2 is 1.31 bits per heavy atom. The van der Waals surface area contributed by atoms with Crippen LogP contribution in [0.2, 0.25) is 0 Å². The molecule has 0 aliphatic heterocycles. The smallest absolute Gasteiger partial charge is 0.144 e. The molecule has 0 saturated heterocycles. The van der Waals surface area contributed by atoms with Crippen LogP contribution < -0.4 is 0 Å². The van der Waals surface area contributed by atoms with Crippen LogP contribution in [0.15, 0.2) is 138 Å². The number of pyridine rings is 3. The molecule has 0 unspecified atom stereocenters. The van der Waals surface area contributed by atoms with E-state index in [2.05, 4.69) is 78.9 Å². The number of imidazole rings is 1. The van der Waals surface area contributed by atoms with Gasteiger partial charge >= 0.3 is 0 Å². The summed E-state index contributed by atoms with van der Waals surface area (Å²) in [4.78, 5) is 14.6. The van der Waals surface area contributed by atoms with E-state index < -0.39 is 0 Å². The summed E-state index contributed by atoms with van der Waals surface area (Å²) in [6, 6.07) is 39.5. The maximum Gasteiger partial charge on any atom is 0.144 e. The van der Waals surface area contributed by atoms with Crippen LogP contribution in [0.25, 0.3) is 83.0 Å². The van der Waals surface area contributed by atoms with Crippen LogP contribution in [0, 0.1) is 0 Å². The summed E-state index contributed by atoms with van der Waals surface area (Å²) in [5.74, 6) is 0. The van der Waals surface area contributed by atoms with Crippen molar-refractivity contribution in [3.05, 3.63) is 134 Å². The third kappa shape index (κ3) is 3.47. The molecule has 0 aliphatic carbocycles. The lowest BCUT2D eigenvalue weighted by Gasteiger charge is -2.11. The van der Waals surface area contributed by atoms with Gasteiger partial charge in [0.05, 0.1) is 22.6 Å². The number of nitrogens with zero attached hydrogens (tertiary/aromatic N) is 4. The Labute approximate surface area is 240 Å². The third-order valence-electron chi connectivity index (χ3n) is 8.09. The van der Waals surface area contributed by atoms with E-state index in [9.17, 15) is 0 Å². The zero-order valence-corrected chi connectivity index (χ0v) is 22.4. The predicted octanol–water partition coefficient (Wildman–Crippen LogP) is 9.33. The highest BCUT2D eigenvalue weighted by molar-refractivity contribution is 6.24. The average Bonchev–Trinajstić information content (AvgIpc) is 3.66. The molecule has 0 bridgehead atoms. The van der Waals surface area contributed by atoms with Gasteiger partial charge in [-0.2, -0.15) is 0 Å². The molecule has 0 saturated carbocycles. The molecule has 5 heterocycles. The Kier molecular flexibility index (Phi) is 4.83. The summed E-state index contributed by atoms with van der Waals surface area (Å²) in [6.07, 6.45) is 5.92. The van der Waals surface area contributed by atoms with Crippen molar-refractivity contribution in [2.24, 2.45) is 0 Å². The second-order valence-electron chi connectivity index (χ2n) is 10.5. The summed E-state index contributed by atoms with van der Waals surface area (Å²) in [7, 11) is 0. The first kappa shape index (κ1) is 22.9. The van der Waals surface area contributed by atoms with Crippen LogP contribution in [0.1, 0.15) is 0 Å². The third-order valence-corrected chi connectivity index (χ3v) is 8.09. The van der Waals surface area contributed by atoms with Crippen molar-refractivity contribution >= 4 is 49.3 Å². The topological polar surface area (TPSA) is 56.2 Å². The van der Waals surface area contributed by atoms with Crippen LogP contribution >= 0.6 is 0 Å². The molecule has 0 amide bonds. The predicted molar refractivity (Wildman–Crippen MR) is 169 cm³/mol. The maximum absolute atomic E-state index is 6.46. The Morgan fingerprint density at radius 3 is 2.17 bits per heavy atom. The maximum atomic E-state index is 6.46. The fourth-order valence-corrected chi connectivity index (χ4v) is 6.03. The molecule has 5 nitrogen and oxygen atoms in total. The van der Waals surface area contributed by atoms with Crippen LogP contribution in [0.4, 0.5) is 0 Å². The van der Waals surface area contributed by atoms with Gasteiger partial charge in [0.15, 0.2) is 0 Å². The van der Waals surface area contributed by atoms with Crippen LogP contribution in [-0.4, -0.2) is 19.4 Å². The molecular weight excluding hydrogens is 516 g/mol. The standard InChI is InChI=1S/C37H22N4O/c1-3-9-31-28(8-1)35-29(18-17-27-26-7-2-4-10-33(26)42-37(27)35)36(40-31)24-14-12-23(13-15-24)30-19-16-25(21-38-30)32-22-41-20-6-5-11-34(41)39-32/h1-22H. The highest BCUT2D eigenvalue weighted by atomic mass is 16.3. The summed E-state index contributed by atoms with van der Waals surface area (Å²) in [5.41, 5.74) is 9.50. The van der Waals surface area contributed by atoms with Gasteiger partial charge in [-0.25, -0.2) is 9.97 Å². The van der Waals surface area contributed by atoms with Gasteiger partial charge < -0.3 is 8.82 Å². The molecule has 5 heteroatoms. The fraction of sp³-hybridized carbons (Fsp3) is 0. The lowest BCUT2D eigenvalue weighted by molar-refractivity contribution is 0.673. The van der Waals surface area contributed by atoms with Crippen molar-refractivity contribution in [1.82, 2.24) is 19.4 Å². The number of rotatable bonds is 3. The van der Waals surface area contributed by atoms with Crippen molar-refractivity contribution in [1.29, 1.82) is 0 Å². The summed E-state index contributed by atoms with van der Waals surface area (Å²) >= 11 is 0. The molecule has 0 aliphatic rings. The molecule has 4 aromatic carbocycles. The molecule has 196 valence electrons. The van der Waals surface area contributed by atoms with Gasteiger partial charge in [0.2, 0.25) is 0 Å². The lowest BCUT2D eigenvalue weighted by atomic mass is 9.97. The van der Waals surface area contributed by atoms with Crippen molar-refractivity contribution in [3.8, 4) is 33.8 Å². The zero-order chi connectivity index (χ0) is 27.6. The first-order valence-corrected chi connectivity index (χ1v) is 13.9. The summed E-state index contributed by atoms with van der Waals surface area (Å²) in [5, 5.41) is 5.50. The monoisotopic (exact) mass is 538 g/mol. The fourth-order valence-electron chi connectivity index (χ4n) is 6.03. The number of hydrogen-bond donors (Lipinski definition) is 0. The van der Waals surface area contributed by atoms with Crippen molar-refractivity contribution in [2.45, 2.75) is 0 Å². The van der Waals surface area contributed by atoms with E-state index in [1.807, 2.05) is 59.4 Å². The molecule has 5 aromatic heterocycles. The van der Waals surface area contributed by atoms with E-state index in [-0.39, 0.29) is 0 Å². The van der Waals surface area contributed by atoms with E-state index in [4.69, 9.17) is 19.4 Å². The summed E-state index contributed by atoms with van der Waals surface area (Å²) < 4.78 is 8.48. The minimum atomic E-state index is 0.895. The first-order chi connectivity index (χ1) is 20.8. The quantitative estimate of drug-likeness (QED) is 0.210. The van der Waals surface area contributed by atoms with Crippen LogP contribution in [0.3, 0.4) is 0 Å². The molecule has 0 spiro atoms. The van der Waals surface area contributed by atoms with Gasteiger partial charge in [0, 0.05) is 62.2 Å². The van der Waals surface area contributed by atoms with Crippen LogP contribution in [0.5, 0.6) is 0 Å². The second kappa shape index (κ2) is 8.85. The number of furan rings is 1. The van der Waals surface area contributed by atoms with Gasteiger partial charge in [-0.15, -0.1) is 0 Å². The van der Waals surface area contributed by atoms with Crippen molar-refractivity contribution in [2.75, 3.05) is 0 Å². The van der Waals surface area contributed by atoms with Gasteiger partial charge in [-0.1, -0.05) is 72.8 Å². The van der Waals surface area contributed by atoms with Gasteiger partial charge in [0.25, 0.3) is 0 Å². The van der Waals surface area contributed by atoms with E-state index >= 15 is 0 Å². The largest absolute Gasteiger partial charge is 0.455 e. The van der Waals surface area contributed by atoms with Gasteiger partial charge in [-0.05, 0) is 42.5 Å². The molecule has 42 heavy (non-hydrogen) atoms. The zero-order valence-electron chi connectivity index (χ0n) is 22.4. The molecular formula is C37H22N4O. The molecule has 0 fully saturated rings. The highest BCUT2D eigenvalue weighted by Crippen LogP contribution is 2.40. The molecule has 0 radical (unpaired) electrons. The first-order valence-electron chi connectivity index (χ1n) is 13.9. The highest BCUT2D eigenvalue weighted by Gasteiger charge is 2.17. The molecule has 9 rings (SSSR count). The van der Waals surface area contributed by atoms with Crippen molar-refractivity contribution < 1.29 is 4.42 Å². The van der Waals surface area contributed by atoms with Crippen LogP contribution in [-0.2, 0) is 0 Å². The number of hydrogen-bond acceptors (Lipinski definition) is 4. The van der Waals surface area contributed by atoms with E-state index in [0.717, 1.165) is 83.0 Å². The normalized spacial score (nSPS) is 11.8. The Balaban J connectivity index is 1.14. The van der Waals surface area contributed by atoms with E-state index in [0.29, 0.717) is 0 Å². The number of fused-ring (bicyclic) bond motifs is 8. The number of aromatic nitrogens is 4. The Morgan fingerprint density at radius 1 is 0.548 bits per heavy atom. The SMILES string of the molecule is c1ccc2c(c1)nc(-c1ccc(-c3ccc(-c4cn5ccccc5n4)cn3)cc1)c1ccc3c4ccccc4oc3c12. The van der Waals surface area contributed by atoms with Crippen molar-refractivity contribution in [3.63, 3.8) is 0 Å². The van der Waals surface area contributed by atoms with E-state index in [1.165, 1.54) is 0 Å². The molecule has 9 aromatic rings. The van der Waals surface area contributed by atoms with Gasteiger partial charge in [0.1, 0.15) is 16.8 Å². The molecule has 0 atom stereocenters.